The zero-order valence-electron chi connectivity index (χ0n) is 9.85. The Morgan fingerprint density at radius 1 is 1.41 bits per heavy atom. The second-order valence-electron chi connectivity index (χ2n) is 4.43. The van der Waals surface area contributed by atoms with Gasteiger partial charge in [0.15, 0.2) is 11.5 Å². The molecule has 0 aliphatic heterocycles. The molecule has 0 radical (unpaired) electrons. The minimum Gasteiger partial charge on any atom is -0.493 e. The monoisotopic (exact) mass is 303 g/mol. The van der Waals surface area contributed by atoms with Crippen LogP contribution in [0, 0.1) is 5.82 Å². The highest BCUT2D eigenvalue weighted by molar-refractivity contribution is 9.10. The zero-order valence-corrected chi connectivity index (χ0v) is 11.4. The molecule has 0 spiro atoms. The molecule has 2 N–H and O–H groups in total. The molecule has 0 unspecified atom stereocenters. The van der Waals surface area contributed by atoms with Gasteiger partial charge in [0.1, 0.15) is 5.82 Å². The maximum atomic E-state index is 14.0. The van der Waals surface area contributed by atoms with Crippen molar-refractivity contribution >= 4 is 15.9 Å². The summed E-state index contributed by atoms with van der Waals surface area (Å²) in [6, 6.07) is 1.34. The van der Waals surface area contributed by atoms with Gasteiger partial charge in [0, 0.05) is 17.2 Å². The summed E-state index contributed by atoms with van der Waals surface area (Å²) < 4.78 is 24.8. The van der Waals surface area contributed by atoms with Crippen molar-refractivity contribution in [1.29, 1.82) is 0 Å². The third-order valence-corrected chi connectivity index (χ3v) is 3.92. The Labute approximate surface area is 108 Å². The van der Waals surface area contributed by atoms with Crippen LogP contribution < -0.4 is 15.2 Å². The first-order valence-electron chi connectivity index (χ1n) is 5.38. The van der Waals surface area contributed by atoms with E-state index in [0.29, 0.717) is 28.0 Å². The second-order valence-corrected chi connectivity index (χ2v) is 5.22. The van der Waals surface area contributed by atoms with Gasteiger partial charge in [-0.15, -0.1) is 0 Å². The van der Waals surface area contributed by atoms with E-state index in [4.69, 9.17) is 15.2 Å². The minimum absolute atomic E-state index is 0.247. The summed E-state index contributed by atoms with van der Waals surface area (Å²) in [6.07, 6.45) is 2.39. The number of ether oxygens (including phenoxy) is 2. The second kappa shape index (κ2) is 4.46. The predicted molar refractivity (Wildman–Crippen MR) is 67.1 cm³/mol. The van der Waals surface area contributed by atoms with E-state index < -0.39 is 0 Å². The average Bonchev–Trinajstić information content (AvgIpc) is 3.02. The molecule has 0 aromatic heterocycles. The van der Waals surface area contributed by atoms with Gasteiger partial charge >= 0.3 is 0 Å². The first kappa shape index (κ1) is 12.6. The molecule has 1 fully saturated rings. The Balaban J connectivity index is 2.44. The van der Waals surface area contributed by atoms with Crippen LogP contribution in [0.4, 0.5) is 4.39 Å². The van der Waals surface area contributed by atoms with E-state index in [9.17, 15) is 4.39 Å². The number of benzene rings is 1. The Hall–Kier alpha value is -0.810. The van der Waals surface area contributed by atoms with Crippen LogP contribution in [-0.4, -0.2) is 19.8 Å². The van der Waals surface area contributed by atoms with E-state index in [1.807, 2.05) is 0 Å². The Kier molecular flexibility index (Phi) is 3.32. The van der Waals surface area contributed by atoms with Crippen LogP contribution in [0.5, 0.6) is 11.5 Å². The van der Waals surface area contributed by atoms with Crippen molar-refractivity contribution in [1.82, 2.24) is 0 Å². The van der Waals surface area contributed by atoms with E-state index in [2.05, 4.69) is 15.9 Å². The molecule has 0 bridgehead atoms. The fourth-order valence-electron chi connectivity index (χ4n) is 1.81. The van der Waals surface area contributed by atoms with Crippen molar-refractivity contribution < 1.29 is 13.9 Å². The van der Waals surface area contributed by atoms with Gasteiger partial charge < -0.3 is 15.2 Å². The molecule has 3 nitrogen and oxygen atoms in total. The van der Waals surface area contributed by atoms with Crippen LogP contribution in [0.3, 0.4) is 0 Å². The Morgan fingerprint density at radius 3 is 2.53 bits per heavy atom. The summed E-state index contributed by atoms with van der Waals surface area (Å²) in [6.45, 7) is 0. The molecule has 1 aromatic carbocycles. The SMILES string of the molecule is COc1cc(F)c(CC2(N)CC2)c(Br)c1OC. The molecule has 2 rings (SSSR count). The fourth-order valence-corrected chi connectivity index (χ4v) is 2.50. The van der Waals surface area contributed by atoms with Gasteiger partial charge in [0.05, 0.1) is 18.7 Å². The van der Waals surface area contributed by atoms with E-state index in [0.717, 1.165) is 12.8 Å². The van der Waals surface area contributed by atoms with E-state index in [-0.39, 0.29) is 11.4 Å². The minimum atomic E-state index is -0.314. The predicted octanol–water partition coefficient (Wildman–Crippen LogP) is 2.64. The summed E-state index contributed by atoms with van der Waals surface area (Å²) in [5.74, 6) is 0.571. The van der Waals surface area contributed by atoms with Crippen molar-refractivity contribution in [3.63, 3.8) is 0 Å². The van der Waals surface area contributed by atoms with Gasteiger partial charge in [-0.1, -0.05) is 0 Å². The molecule has 0 heterocycles. The van der Waals surface area contributed by atoms with E-state index in [1.54, 1.807) is 0 Å². The quantitative estimate of drug-likeness (QED) is 0.930. The van der Waals surface area contributed by atoms with Crippen molar-refractivity contribution in [2.75, 3.05) is 14.2 Å². The molecule has 1 aliphatic rings. The Morgan fingerprint density at radius 2 is 2.06 bits per heavy atom. The van der Waals surface area contributed by atoms with Gasteiger partial charge in [-0.05, 0) is 35.2 Å². The molecular formula is C12H15BrFNO2. The van der Waals surface area contributed by atoms with Gasteiger partial charge in [0.2, 0.25) is 0 Å². The summed E-state index contributed by atoms with van der Waals surface area (Å²) >= 11 is 3.36. The highest BCUT2D eigenvalue weighted by Gasteiger charge is 2.39. The average molecular weight is 304 g/mol. The van der Waals surface area contributed by atoms with Gasteiger partial charge in [-0.2, -0.15) is 0 Å². The maximum absolute atomic E-state index is 14.0. The molecule has 0 saturated heterocycles. The van der Waals surface area contributed by atoms with Crippen LogP contribution >= 0.6 is 15.9 Å². The number of nitrogens with two attached hydrogens (primary N) is 1. The smallest absolute Gasteiger partial charge is 0.175 e. The van der Waals surface area contributed by atoms with Crippen molar-refractivity contribution in [3.05, 3.63) is 21.9 Å². The third-order valence-electron chi connectivity index (χ3n) is 3.08. The summed E-state index contributed by atoms with van der Waals surface area (Å²) in [7, 11) is 3.01. The zero-order chi connectivity index (χ0) is 12.6. The lowest BCUT2D eigenvalue weighted by Crippen LogP contribution is -2.25. The molecule has 0 amide bonds. The van der Waals surface area contributed by atoms with Crippen molar-refractivity contribution in [3.8, 4) is 11.5 Å². The standard InChI is InChI=1S/C12H15BrFNO2/c1-16-9-5-8(14)7(6-12(15)3-4-12)10(13)11(9)17-2/h5H,3-4,6,15H2,1-2H3. The number of rotatable bonds is 4. The highest BCUT2D eigenvalue weighted by atomic mass is 79.9. The van der Waals surface area contributed by atoms with Crippen LogP contribution in [0.15, 0.2) is 10.5 Å². The van der Waals surface area contributed by atoms with E-state index in [1.165, 1.54) is 20.3 Å². The summed E-state index contributed by atoms with van der Waals surface area (Å²) in [5, 5.41) is 0. The van der Waals surface area contributed by atoms with Crippen molar-refractivity contribution in [2.45, 2.75) is 24.8 Å². The largest absolute Gasteiger partial charge is 0.493 e. The van der Waals surface area contributed by atoms with Gasteiger partial charge in [-0.3, -0.25) is 0 Å². The topological polar surface area (TPSA) is 44.5 Å². The first-order valence-corrected chi connectivity index (χ1v) is 6.18. The van der Waals surface area contributed by atoms with Crippen LogP contribution in [-0.2, 0) is 6.42 Å². The summed E-state index contributed by atoms with van der Waals surface area (Å²) in [5.41, 5.74) is 6.33. The molecule has 1 aliphatic carbocycles. The fraction of sp³-hybridized carbons (Fsp3) is 0.500. The molecule has 1 saturated carbocycles. The molecule has 94 valence electrons. The van der Waals surface area contributed by atoms with Crippen LogP contribution in [0.25, 0.3) is 0 Å². The number of halogens is 2. The summed E-state index contributed by atoms with van der Waals surface area (Å²) in [4.78, 5) is 0. The van der Waals surface area contributed by atoms with Crippen LogP contribution in [0.2, 0.25) is 0 Å². The molecule has 17 heavy (non-hydrogen) atoms. The highest BCUT2D eigenvalue weighted by Crippen LogP contribution is 2.43. The molecule has 1 aromatic rings. The van der Waals surface area contributed by atoms with Gasteiger partial charge in [0.25, 0.3) is 0 Å². The lowest BCUT2D eigenvalue weighted by Gasteiger charge is -2.16. The lowest BCUT2D eigenvalue weighted by atomic mass is 10.0. The number of methoxy groups -OCH3 is 2. The maximum Gasteiger partial charge on any atom is 0.175 e. The van der Waals surface area contributed by atoms with Gasteiger partial charge in [-0.25, -0.2) is 4.39 Å². The lowest BCUT2D eigenvalue weighted by molar-refractivity contribution is 0.349. The number of hydrogen-bond donors (Lipinski definition) is 1. The molecule has 0 atom stereocenters. The van der Waals surface area contributed by atoms with E-state index >= 15 is 0 Å². The third kappa shape index (κ3) is 2.40. The normalized spacial score (nSPS) is 16.8. The first-order chi connectivity index (χ1) is 8.00. The van der Waals surface area contributed by atoms with Crippen molar-refractivity contribution in [2.24, 2.45) is 5.73 Å². The molecule has 5 heteroatoms. The van der Waals surface area contributed by atoms with Crippen LogP contribution in [0.1, 0.15) is 18.4 Å². The Bertz CT molecular complexity index is 447. The number of hydrogen-bond acceptors (Lipinski definition) is 3. The molecular weight excluding hydrogens is 289 g/mol.